The van der Waals surface area contributed by atoms with Crippen LogP contribution in [0.5, 0.6) is 11.5 Å². The van der Waals surface area contributed by atoms with E-state index in [1.165, 1.54) is 0 Å². The molecule has 2 unspecified atom stereocenters. The van der Waals surface area contributed by atoms with E-state index in [-0.39, 0.29) is 16.6 Å². The average Bonchev–Trinajstić information content (AvgIpc) is 3.31. The van der Waals surface area contributed by atoms with Crippen molar-refractivity contribution in [2.24, 2.45) is 0 Å². The zero-order valence-electron chi connectivity index (χ0n) is 20.6. The molecule has 0 saturated heterocycles. The molecule has 0 spiro atoms. The van der Waals surface area contributed by atoms with Crippen molar-refractivity contribution in [3.05, 3.63) is 65.5 Å². The number of methoxy groups -OCH3 is 1. The molecule has 1 aromatic heterocycles. The van der Waals surface area contributed by atoms with E-state index in [2.05, 4.69) is 15.1 Å². The lowest BCUT2D eigenvalue weighted by atomic mass is 10.1. The molecule has 2 atom stereocenters. The number of hydrogen-bond donors (Lipinski definition) is 2. The van der Waals surface area contributed by atoms with E-state index in [1.807, 2.05) is 38.1 Å². The highest BCUT2D eigenvalue weighted by Crippen LogP contribution is 2.27. The zero-order chi connectivity index (χ0) is 25.6. The van der Waals surface area contributed by atoms with Crippen LogP contribution in [0.2, 0.25) is 0 Å². The van der Waals surface area contributed by atoms with Gasteiger partial charge in [0.25, 0.3) is 0 Å². The molecule has 1 heterocycles. The largest absolute Gasteiger partial charge is 0.497 e. The summed E-state index contributed by atoms with van der Waals surface area (Å²) in [6.45, 7) is 8.43. The number of aryl methyl sites for hydroxylation is 2. The first-order valence-corrected chi connectivity index (χ1v) is 12.8. The molecule has 35 heavy (non-hydrogen) atoms. The lowest BCUT2D eigenvalue weighted by molar-refractivity contribution is 0.233. The van der Waals surface area contributed by atoms with E-state index in [9.17, 15) is 13.7 Å². The number of nitriles is 1. The van der Waals surface area contributed by atoms with E-state index in [0.717, 1.165) is 5.56 Å². The topological polar surface area (TPSA) is 118 Å². The molecule has 2 aromatic carbocycles. The van der Waals surface area contributed by atoms with Crippen molar-refractivity contribution in [2.45, 2.75) is 51.3 Å². The van der Waals surface area contributed by atoms with Crippen LogP contribution in [-0.2, 0) is 16.6 Å². The Kier molecular flexibility index (Phi) is 8.38. The smallest absolute Gasteiger partial charge is 0.242 e. The van der Waals surface area contributed by atoms with Gasteiger partial charge in [-0.25, -0.2) is 13.1 Å². The third-order valence-corrected chi connectivity index (χ3v) is 7.19. The van der Waals surface area contributed by atoms with Gasteiger partial charge in [0.1, 0.15) is 28.6 Å². The third-order valence-electron chi connectivity index (χ3n) is 5.45. The summed E-state index contributed by atoms with van der Waals surface area (Å²) in [5.41, 5.74) is 1.92. The first-order chi connectivity index (χ1) is 16.7. The lowest BCUT2D eigenvalue weighted by Crippen LogP contribution is -2.28. The molecule has 3 rings (SSSR count). The summed E-state index contributed by atoms with van der Waals surface area (Å²) in [6, 6.07) is 12.1. The molecular formula is C25H31N5O4S. The minimum atomic E-state index is -3.95. The van der Waals surface area contributed by atoms with Gasteiger partial charge in [-0.05, 0) is 57.5 Å². The summed E-state index contributed by atoms with van der Waals surface area (Å²) in [7, 11) is -2.35. The molecule has 0 radical (unpaired) electrons. The van der Waals surface area contributed by atoms with Crippen LogP contribution in [0.15, 0.2) is 53.7 Å². The van der Waals surface area contributed by atoms with Crippen molar-refractivity contribution in [3.8, 4) is 17.6 Å². The predicted molar refractivity (Wildman–Crippen MR) is 134 cm³/mol. The Morgan fingerprint density at radius 2 is 1.94 bits per heavy atom. The van der Waals surface area contributed by atoms with Crippen LogP contribution in [0.3, 0.4) is 0 Å². The Morgan fingerprint density at radius 1 is 1.20 bits per heavy atom. The van der Waals surface area contributed by atoms with E-state index in [1.54, 1.807) is 56.2 Å². The number of anilines is 1. The van der Waals surface area contributed by atoms with Crippen LogP contribution < -0.4 is 19.5 Å². The van der Waals surface area contributed by atoms with Crippen molar-refractivity contribution in [1.29, 1.82) is 5.26 Å². The number of sulfonamides is 1. The fraction of sp³-hybridized carbons (Fsp3) is 0.360. The molecule has 2 N–H and O–H groups in total. The zero-order valence-corrected chi connectivity index (χ0v) is 21.4. The van der Waals surface area contributed by atoms with Gasteiger partial charge >= 0.3 is 0 Å². The van der Waals surface area contributed by atoms with Crippen molar-refractivity contribution >= 4 is 15.7 Å². The Bertz CT molecular complexity index is 1310. The quantitative estimate of drug-likeness (QED) is 0.411. The van der Waals surface area contributed by atoms with Crippen LogP contribution in [-0.4, -0.2) is 38.0 Å². The Balaban J connectivity index is 1.72. The normalized spacial score (nSPS) is 13.0. The Labute approximate surface area is 206 Å². The van der Waals surface area contributed by atoms with E-state index < -0.39 is 16.1 Å². The molecule has 10 heteroatoms. The molecule has 186 valence electrons. The summed E-state index contributed by atoms with van der Waals surface area (Å²) in [6.07, 6.45) is 3.24. The van der Waals surface area contributed by atoms with Gasteiger partial charge < -0.3 is 14.8 Å². The van der Waals surface area contributed by atoms with Gasteiger partial charge in [0.05, 0.1) is 25.4 Å². The number of hydrogen-bond acceptors (Lipinski definition) is 7. The van der Waals surface area contributed by atoms with Crippen LogP contribution >= 0.6 is 0 Å². The highest BCUT2D eigenvalue weighted by molar-refractivity contribution is 7.89. The first-order valence-electron chi connectivity index (χ1n) is 11.3. The molecular weight excluding hydrogens is 466 g/mol. The van der Waals surface area contributed by atoms with Gasteiger partial charge in [-0.3, -0.25) is 4.68 Å². The maximum Gasteiger partial charge on any atom is 0.242 e. The van der Waals surface area contributed by atoms with Crippen LogP contribution in [0.25, 0.3) is 0 Å². The summed E-state index contributed by atoms with van der Waals surface area (Å²) in [4.78, 5) is -0.0269. The molecule has 0 aliphatic heterocycles. The average molecular weight is 498 g/mol. The van der Waals surface area contributed by atoms with Crippen LogP contribution in [0.4, 0.5) is 5.69 Å². The lowest BCUT2D eigenvalue weighted by Gasteiger charge is -2.19. The maximum absolute atomic E-state index is 13.2. The van der Waals surface area contributed by atoms with Crippen LogP contribution in [0.1, 0.15) is 43.5 Å². The van der Waals surface area contributed by atoms with Crippen molar-refractivity contribution in [1.82, 2.24) is 14.5 Å². The number of aromatic nitrogens is 2. The number of rotatable bonds is 11. The maximum atomic E-state index is 13.2. The minimum absolute atomic E-state index is 0.0269. The fourth-order valence-electron chi connectivity index (χ4n) is 3.66. The highest BCUT2D eigenvalue weighted by Gasteiger charge is 2.25. The molecule has 0 aliphatic rings. The first kappa shape index (κ1) is 26.1. The Hall–Kier alpha value is -3.55. The van der Waals surface area contributed by atoms with Crippen molar-refractivity contribution in [2.75, 3.05) is 19.0 Å². The summed E-state index contributed by atoms with van der Waals surface area (Å²) in [5, 5.41) is 17.1. The fourth-order valence-corrected chi connectivity index (χ4v) is 5.26. The van der Waals surface area contributed by atoms with Crippen LogP contribution in [0, 0.1) is 18.3 Å². The summed E-state index contributed by atoms with van der Waals surface area (Å²) >= 11 is 0. The van der Waals surface area contributed by atoms with E-state index >= 15 is 0 Å². The summed E-state index contributed by atoms with van der Waals surface area (Å²) in [5.74, 6) is 1.38. The summed E-state index contributed by atoms with van der Waals surface area (Å²) < 4.78 is 41.9. The van der Waals surface area contributed by atoms with E-state index in [4.69, 9.17) is 9.47 Å². The molecule has 3 aromatic rings. The van der Waals surface area contributed by atoms with Crippen molar-refractivity contribution < 1.29 is 17.9 Å². The molecule has 0 fully saturated rings. The third kappa shape index (κ3) is 6.53. The second-order valence-electron chi connectivity index (χ2n) is 8.24. The molecule has 0 bridgehead atoms. The molecule has 0 aliphatic carbocycles. The SMILES string of the molecule is CCn1cc(C(C)NS(=O)(=O)c2c(C)cc(NCC(C)Oc3cccc(OC)c3)cc2C#N)cn1. The highest BCUT2D eigenvalue weighted by atomic mass is 32.2. The molecule has 9 nitrogen and oxygen atoms in total. The van der Waals surface area contributed by atoms with Gasteiger partial charge in [0.2, 0.25) is 10.0 Å². The molecule has 0 saturated carbocycles. The number of benzene rings is 2. The molecule has 0 amide bonds. The van der Waals surface area contributed by atoms with Gasteiger partial charge in [0.15, 0.2) is 0 Å². The van der Waals surface area contributed by atoms with Crippen molar-refractivity contribution in [3.63, 3.8) is 0 Å². The monoisotopic (exact) mass is 497 g/mol. The second-order valence-corrected chi connectivity index (χ2v) is 9.89. The number of nitrogens with zero attached hydrogens (tertiary/aromatic N) is 3. The van der Waals surface area contributed by atoms with Gasteiger partial charge in [-0.1, -0.05) is 6.07 Å². The van der Waals surface area contributed by atoms with Gasteiger partial charge in [-0.15, -0.1) is 0 Å². The number of nitrogens with one attached hydrogen (secondary N) is 2. The standard InChI is InChI=1S/C25H31N5O4S/c1-6-30-16-21(15-28-30)19(4)29-35(31,32)25-17(2)10-22(11-20(25)13-26)27-14-18(3)34-24-9-7-8-23(12-24)33-5/h7-12,15-16,18-19,27,29H,6,14H2,1-5H3. The van der Waals surface area contributed by atoms with Gasteiger partial charge in [-0.2, -0.15) is 10.4 Å². The second kappa shape index (κ2) is 11.3. The predicted octanol–water partition coefficient (Wildman–Crippen LogP) is 4.01. The Morgan fingerprint density at radius 3 is 2.60 bits per heavy atom. The minimum Gasteiger partial charge on any atom is -0.497 e. The van der Waals surface area contributed by atoms with Gasteiger partial charge in [0, 0.05) is 36.1 Å². The number of ether oxygens (including phenoxy) is 2. The van der Waals surface area contributed by atoms with E-state index in [0.29, 0.717) is 35.8 Å².